The molecular weight excluding hydrogens is 1280 g/mol. The van der Waals surface area contributed by atoms with Crippen LogP contribution >= 0.6 is 272 Å². The van der Waals surface area contributed by atoms with E-state index in [1.54, 1.807) is 0 Å². The topological polar surface area (TPSA) is 0 Å². The van der Waals surface area contributed by atoms with E-state index in [1.165, 1.54) is 0 Å². The fourth-order valence-corrected chi connectivity index (χ4v) is 0. The fourth-order valence-electron chi connectivity index (χ4n) is 0. The van der Waals surface area contributed by atoms with Crippen LogP contribution in [0.1, 0.15) is 0 Å². The molecule has 0 radical (unpaired) electrons. The van der Waals surface area contributed by atoms with Gasteiger partial charge in [0.1, 0.15) is 0 Å². The van der Waals surface area contributed by atoms with Gasteiger partial charge in [0.15, 0.2) is 0 Å². The average Bonchev–Trinajstić information content (AvgIpc) is 0. The highest BCUT2D eigenvalue weighted by Gasteiger charge is -0.0986. The molecule has 0 unspecified atom stereocenters. The molecule has 0 rings (SSSR count). The summed E-state index contributed by atoms with van der Waals surface area (Å²) < 4.78 is 0. The minimum Gasteiger partial charge on any atom is -0.114 e. The molecule has 0 saturated heterocycles. The zero-order valence-electron chi connectivity index (χ0n) is 6.53. The van der Waals surface area contributed by atoms with Gasteiger partial charge in [0, 0.05) is 0 Å². The third-order valence-electron chi connectivity index (χ3n) is 0. The third kappa shape index (κ3) is 157. The Balaban J connectivity index is 0. The molecule has 0 spiro atoms. The lowest BCUT2D eigenvalue weighted by atomic mass is 79.9. The van der Waals surface area contributed by atoms with Crippen LogP contribution in [0.5, 0.6) is 0 Å². The van der Waals surface area contributed by atoms with Gasteiger partial charge in [-0.15, -0.1) is 272 Å². The lowest BCUT2D eigenvalue weighted by molar-refractivity contribution is 8.93. The first-order valence-corrected chi connectivity index (χ1v) is 0. The van der Waals surface area contributed by atoms with Gasteiger partial charge in [-0.3, -0.25) is 0 Å². The minimum absolute atomic E-state index is 0. The second kappa shape index (κ2) is 181. The van der Waals surface area contributed by atoms with Crippen molar-refractivity contribution < 1.29 is 0 Å². The van der Waals surface area contributed by atoms with E-state index in [0.29, 0.717) is 0 Å². The van der Waals surface area contributed by atoms with Crippen molar-refractivity contribution in [3.8, 4) is 0 Å². The molecule has 0 aromatic heterocycles. The Kier molecular flexibility index (Phi) is 2330. The Bertz CT molecular complexity index is 0. The van der Waals surface area contributed by atoms with Gasteiger partial charge in [-0.2, -0.15) is 0 Å². The van der Waals surface area contributed by atoms with E-state index in [4.69, 9.17) is 0 Å². The van der Waals surface area contributed by atoms with Crippen molar-refractivity contribution in [2.75, 3.05) is 0 Å². The molecular formula is H16Br16. The number of rotatable bonds is 0. The Morgan fingerprint density at radius 2 is 0.0625 bits per heavy atom. The predicted molar refractivity (Wildman–Crippen MR) is 165 cm³/mol. The quantitative estimate of drug-likeness (QED) is 0.227. The van der Waals surface area contributed by atoms with E-state index in [2.05, 4.69) is 0 Å². The highest BCUT2D eigenvalue weighted by molar-refractivity contribution is 8.94. The molecule has 16 heavy (non-hydrogen) atoms. The Hall–Kier alpha value is 7.68. The van der Waals surface area contributed by atoms with Gasteiger partial charge < -0.3 is 0 Å². The molecule has 128 valence electrons. The van der Waals surface area contributed by atoms with E-state index in [9.17, 15) is 0 Å². The van der Waals surface area contributed by atoms with Crippen LogP contribution in [0.4, 0.5) is 0 Å². The smallest absolute Gasteiger partial charge is 0.114 e. The van der Waals surface area contributed by atoms with Crippen LogP contribution in [0.3, 0.4) is 0 Å². The number of halogens is 16. The van der Waals surface area contributed by atoms with Crippen LogP contribution < -0.4 is 0 Å². The van der Waals surface area contributed by atoms with Gasteiger partial charge in [0.05, 0.1) is 0 Å². The molecule has 0 fully saturated rings. The summed E-state index contributed by atoms with van der Waals surface area (Å²) >= 11 is 0. The largest absolute Gasteiger partial charge is 0.114 e. The van der Waals surface area contributed by atoms with Gasteiger partial charge in [-0.1, -0.05) is 0 Å². The Labute approximate surface area is 266 Å². The first-order valence-electron chi connectivity index (χ1n) is 0. The minimum atomic E-state index is 0. The van der Waals surface area contributed by atoms with Crippen LogP contribution in [-0.2, 0) is 0 Å². The summed E-state index contributed by atoms with van der Waals surface area (Å²) in [6.07, 6.45) is 0. The van der Waals surface area contributed by atoms with Gasteiger partial charge in [-0.25, -0.2) is 0 Å². The van der Waals surface area contributed by atoms with Crippen molar-refractivity contribution in [3.63, 3.8) is 0 Å². The highest BCUT2D eigenvalue weighted by Crippen LogP contribution is 0.861. The molecule has 0 aliphatic carbocycles. The molecule has 0 aliphatic rings. The summed E-state index contributed by atoms with van der Waals surface area (Å²) in [4.78, 5) is 0. The molecule has 0 amide bonds. The summed E-state index contributed by atoms with van der Waals surface area (Å²) in [5.74, 6) is 0. The summed E-state index contributed by atoms with van der Waals surface area (Å²) in [6.45, 7) is 0. The predicted octanol–water partition coefficient (Wildman–Crippen LogP) is 9.25. The molecule has 0 bridgehead atoms. The van der Waals surface area contributed by atoms with Crippen LogP contribution in [0.15, 0.2) is 0 Å². The van der Waals surface area contributed by atoms with Gasteiger partial charge in [0.2, 0.25) is 0 Å². The normalized spacial score (nSPS) is 0. The van der Waals surface area contributed by atoms with E-state index >= 15 is 0 Å². The molecule has 0 atom stereocenters. The monoisotopic (exact) mass is 1280 g/mol. The maximum absolute atomic E-state index is 0. The zero-order valence-corrected chi connectivity index (χ0v) is 33.9. The summed E-state index contributed by atoms with van der Waals surface area (Å²) in [5.41, 5.74) is 0. The van der Waals surface area contributed by atoms with Gasteiger partial charge in [-0.05, 0) is 0 Å². The first-order chi connectivity index (χ1) is 0. The highest BCUT2D eigenvalue weighted by atomic mass is 79.9. The van der Waals surface area contributed by atoms with E-state index in [1.807, 2.05) is 0 Å². The zero-order chi connectivity index (χ0) is 0. The van der Waals surface area contributed by atoms with Crippen LogP contribution in [0, 0.1) is 0 Å². The Morgan fingerprint density at radius 1 is 0.0625 bits per heavy atom. The van der Waals surface area contributed by atoms with E-state index in [-0.39, 0.29) is 272 Å². The van der Waals surface area contributed by atoms with Crippen LogP contribution in [-0.4, -0.2) is 0 Å². The molecule has 0 aliphatic heterocycles. The molecule has 0 saturated carbocycles. The van der Waals surface area contributed by atoms with Crippen LogP contribution in [0.25, 0.3) is 0 Å². The summed E-state index contributed by atoms with van der Waals surface area (Å²) in [6, 6.07) is 0. The molecule has 0 aromatic rings. The summed E-state index contributed by atoms with van der Waals surface area (Å²) in [5, 5.41) is 0. The van der Waals surface area contributed by atoms with Crippen molar-refractivity contribution in [1.82, 2.24) is 0 Å². The van der Waals surface area contributed by atoms with Crippen molar-refractivity contribution in [1.29, 1.82) is 0 Å². The van der Waals surface area contributed by atoms with Crippen molar-refractivity contribution in [3.05, 3.63) is 0 Å². The molecule has 0 nitrogen and oxygen atoms in total. The van der Waals surface area contributed by atoms with Crippen molar-refractivity contribution in [2.45, 2.75) is 0 Å². The van der Waals surface area contributed by atoms with Gasteiger partial charge in [0.25, 0.3) is 0 Å². The Morgan fingerprint density at radius 3 is 0.0625 bits per heavy atom. The maximum atomic E-state index is 0. The lowest BCUT2D eigenvalue weighted by Crippen LogP contribution is 0.845. The lowest BCUT2D eigenvalue weighted by Gasteiger charge is -0.115. The van der Waals surface area contributed by atoms with E-state index in [0.717, 1.165) is 0 Å². The summed E-state index contributed by atoms with van der Waals surface area (Å²) in [7, 11) is 0. The standard InChI is InChI=1S/16BrH/h16*1H. The molecule has 0 heterocycles. The second-order valence-corrected chi connectivity index (χ2v) is 0. The molecule has 16 heteroatoms. The van der Waals surface area contributed by atoms with Crippen LogP contribution in [0.2, 0.25) is 0 Å². The van der Waals surface area contributed by atoms with Crippen molar-refractivity contribution >= 4 is 272 Å². The average molecular weight is 1290 g/mol. The number of hydrogen-bond donors (Lipinski definition) is 0. The SMILES string of the molecule is Br.Br.Br.Br.Br.Br.Br.Br.Br.Br.Br.Br.Br.Br.Br.Br. The van der Waals surface area contributed by atoms with E-state index < -0.39 is 0 Å². The van der Waals surface area contributed by atoms with Crippen molar-refractivity contribution in [2.24, 2.45) is 0 Å². The molecule has 0 N–H and O–H groups in total. The second-order valence-electron chi connectivity index (χ2n) is 0. The molecule has 0 aromatic carbocycles. The maximum Gasteiger partial charge on any atom is -0.114 e. The fraction of sp³-hybridized carbons (Fsp3) is 0. The first kappa shape index (κ1) is 207. The number of hydrogen-bond acceptors (Lipinski definition) is 0. The van der Waals surface area contributed by atoms with Gasteiger partial charge >= 0.3 is 0 Å². The third-order valence-corrected chi connectivity index (χ3v) is 0.